The third-order valence-corrected chi connectivity index (χ3v) is 4.81. The Bertz CT molecular complexity index is 963. The molecule has 1 amide bonds. The van der Waals surface area contributed by atoms with Crippen LogP contribution in [0.5, 0.6) is 0 Å². The minimum Gasteiger partial charge on any atom is -0.308 e. The topological polar surface area (TPSA) is 33.2 Å². The van der Waals surface area contributed by atoms with Crippen molar-refractivity contribution >= 4 is 17.2 Å². The molecule has 128 valence electrons. The van der Waals surface area contributed by atoms with Gasteiger partial charge in [-0.15, -0.1) is 0 Å². The quantitative estimate of drug-likeness (QED) is 0.690. The number of nitrogens with zero attached hydrogens (tertiary/aromatic N) is 2. The molecular weight excluding hydrogens is 320 g/mol. The van der Waals surface area contributed by atoms with E-state index in [1.165, 1.54) is 5.56 Å². The lowest BCUT2D eigenvalue weighted by atomic mass is 9.98. The summed E-state index contributed by atoms with van der Waals surface area (Å²) in [5.74, 6) is -0.00707. The van der Waals surface area contributed by atoms with Gasteiger partial charge < -0.3 is 4.90 Å². The first-order chi connectivity index (χ1) is 12.7. The minimum absolute atomic E-state index is 0.00707. The highest BCUT2D eigenvalue weighted by Crippen LogP contribution is 2.29. The lowest BCUT2D eigenvalue weighted by molar-refractivity contribution is 0.0984. The van der Waals surface area contributed by atoms with Crippen LogP contribution >= 0.6 is 0 Å². The molecule has 3 nitrogen and oxygen atoms in total. The molecule has 0 saturated carbocycles. The summed E-state index contributed by atoms with van der Waals surface area (Å²) in [6, 6.07) is 20.0. The Morgan fingerprint density at radius 2 is 1.65 bits per heavy atom. The maximum atomic E-state index is 13.1. The maximum absolute atomic E-state index is 13.1. The zero-order chi connectivity index (χ0) is 17.9. The van der Waals surface area contributed by atoms with E-state index < -0.39 is 0 Å². The van der Waals surface area contributed by atoms with E-state index in [9.17, 15) is 4.79 Å². The number of benzene rings is 2. The van der Waals surface area contributed by atoms with Crippen molar-refractivity contribution in [1.82, 2.24) is 4.98 Å². The van der Waals surface area contributed by atoms with Gasteiger partial charge in [-0.3, -0.25) is 9.78 Å². The molecule has 0 spiro atoms. The van der Waals surface area contributed by atoms with Gasteiger partial charge in [-0.05, 0) is 41.7 Å². The maximum Gasteiger partial charge on any atom is 0.259 e. The van der Waals surface area contributed by atoms with Crippen LogP contribution in [0.3, 0.4) is 0 Å². The zero-order valence-electron chi connectivity index (χ0n) is 14.6. The van der Waals surface area contributed by atoms with Crippen LogP contribution in [0, 0.1) is 0 Å². The number of pyridine rings is 1. The molecule has 2 heterocycles. The van der Waals surface area contributed by atoms with E-state index in [1.54, 1.807) is 12.4 Å². The Morgan fingerprint density at radius 3 is 2.50 bits per heavy atom. The highest BCUT2D eigenvalue weighted by atomic mass is 16.2. The fraction of sp³-hybridized carbons (Fsp3) is 0.130. The van der Waals surface area contributed by atoms with Gasteiger partial charge in [0.25, 0.3) is 5.91 Å². The number of amides is 1. The van der Waals surface area contributed by atoms with Crippen LogP contribution in [-0.2, 0) is 6.42 Å². The van der Waals surface area contributed by atoms with Crippen molar-refractivity contribution in [1.29, 1.82) is 0 Å². The van der Waals surface area contributed by atoms with Gasteiger partial charge in [-0.25, -0.2) is 0 Å². The second-order valence-corrected chi connectivity index (χ2v) is 6.50. The summed E-state index contributed by atoms with van der Waals surface area (Å²) in [5.41, 5.74) is 5.60. The fourth-order valence-corrected chi connectivity index (χ4v) is 3.43. The van der Waals surface area contributed by atoms with Gasteiger partial charge in [0.05, 0.1) is 5.56 Å². The molecule has 3 heteroatoms. The molecule has 0 N–H and O–H groups in total. The number of hydrogen-bond donors (Lipinski definition) is 0. The third-order valence-electron chi connectivity index (χ3n) is 4.81. The average Bonchev–Trinajstić information content (AvgIpc) is 2.73. The Kier molecular flexibility index (Phi) is 4.36. The molecule has 2 aromatic carbocycles. The van der Waals surface area contributed by atoms with E-state index in [-0.39, 0.29) is 5.91 Å². The smallest absolute Gasteiger partial charge is 0.259 e. The van der Waals surface area contributed by atoms with Crippen LogP contribution in [0.2, 0.25) is 0 Å². The van der Waals surface area contributed by atoms with Crippen molar-refractivity contribution in [3.63, 3.8) is 0 Å². The largest absolute Gasteiger partial charge is 0.308 e. The molecule has 0 atom stereocenters. The van der Waals surface area contributed by atoms with E-state index in [1.807, 2.05) is 59.5 Å². The summed E-state index contributed by atoms with van der Waals surface area (Å²) < 4.78 is 0. The molecule has 1 aromatic heterocycles. The summed E-state index contributed by atoms with van der Waals surface area (Å²) >= 11 is 0. The van der Waals surface area contributed by atoms with Crippen LogP contribution in [-0.4, -0.2) is 17.4 Å². The van der Waals surface area contributed by atoms with Crippen LogP contribution in [0.25, 0.3) is 5.57 Å². The molecule has 1 aliphatic heterocycles. The van der Waals surface area contributed by atoms with Gasteiger partial charge in [-0.1, -0.05) is 55.1 Å². The van der Waals surface area contributed by atoms with Crippen molar-refractivity contribution in [3.8, 4) is 0 Å². The first-order valence-corrected chi connectivity index (χ1v) is 8.83. The normalized spacial score (nSPS) is 13.2. The van der Waals surface area contributed by atoms with Crippen molar-refractivity contribution in [2.45, 2.75) is 12.8 Å². The number of hydrogen-bond acceptors (Lipinski definition) is 2. The lowest BCUT2D eigenvalue weighted by Gasteiger charge is -2.29. The number of aromatic nitrogens is 1. The van der Waals surface area contributed by atoms with Gasteiger partial charge in [0, 0.05) is 30.2 Å². The summed E-state index contributed by atoms with van der Waals surface area (Å²) in [4.78, 5) is 19.3. The van der Waals surface area contributed by atoms with Crippen LogP contribution in [0.15, 0.2) is 79.6 Å². The summed E-state index contributed by atoms with van der Waals surface area (Å²) in [6.45, 7) is 4.92. The van der Waals surface area contributed by atoms with E-state index in [4.69, 9.17) is 0 Å². The number of carbonyl (C=O) groups is 1. The van der Waals surface area contributed by atoms with E-state index in [0.717, 1.165) is 41.8 Å². The highest BCUT2D eigenvalue weighted by molar-refractivity contribution is 6.07. The molecule has 0 bridgehead atoms. The first kappa shape index (κ1) is 16.3. The van der Waals surface area contributed by atoms with Crippen LogP contribution in [0.1, 0.15) is 33.5 Å². The van der Waals surface area contributed by atoms with Gasteiger partial charge in [0.15, 0.2) is 0 Å². The fourth-order valence-electron chi connectivity index (χ4n) is 3.43. The molecule has 3 aromatic rings. The number of fused-ring (bicyclic) bond motifs is 1. The molecule has 0 saturated heterocycles. The van der Waals surface area contributed by atoms with Crippen LogP contribution < -0.4 is 4.90 Å². The molecular formula is C23H20N2O. The predicted octanol–water partition coefficient (Wildman–Crippen LogP) is 4.74. The Balaban J connectivity index is 1.65. The first-order valence-electron chi connectivity index (χ1n) is 8.83. The molecule has 0 aliphatic carbocycles. The summed E-state index contributed by atoms with van der Waals surface area (Å²) in [5, 5.41) is 0. The van der Waals surface area contributed by atoms with Gasteiger partial charge in [0.1, 0.15) is 0 Å². The van der Waals surface area contributed by atoms with E-state index in [2.05, 4.69) is 17.6 Å². The number of aryl methyl sites for hydroxylation is 1. The van der Waals surface area contributed by atoms with Gasteiger partial charge in [0.2, 0.25) is 0 Å². The number of carbonyl (C=O) groups excluding carboxylic acids is 1. The SMILES string of the molecule is C=C(c1ccccc1)c1cncc(C(=O)N2CCCc3ccccc32)c1. The molecule has 0 unspecified atom stereocenters. The van der Waals surface area contributed by atoms with Crippen LogP contribution in [0.4, 0.5) is 5.69 Å². The summed E-state index contributed by atoms with van der Waals surface area (Å²) in [6.07, 6.45) is 5.40. The van der Waals surface area contributed by atoms with Crippen molar-refractivity contribution in [3.05, 3.63) is 102 Å². The number of para-hydroxylation sites is 1. The zero-order valence-corrected chi connectivity index (χ0v) is 14.6. The van der Waals surface area contributed by atoms with Gasteiger partial charge in [-0.2, -0.15) is 0 Å². The average molecular weight is 340 g/mol. The second kappa shape index (κ2) is 6.96. The monoisotopic (exact) mass is 340 g/mol. The minimum atomic E-state index is -0.00707. The Morgan fingerprint density at radius 1 is 0.923 bits per heavy atom. The lowest BCUT2D eigenvalue weighted by Crippen LogP contribution is -2.35. The van der Waals surface area contributed by atoms with E-state index in [0.29, 0.717) is 5.56 Å². The van der Waals surface area contributed by atoms with Crippen molar-refractivity contribution < 1.29 is 4.79 Å². The number of anilines is 1. The summed E-state index contributed by atoms with van der Waals surface area (Å²) in [7, 11) is 0. The molecule has 4 rings (SSSR count). The highest BCUT2D eigenvalue weighted by Gasteiger charge is 2.23. The Labute approximate surface area is 153 Å². The number of rotatable bonds is 3. The van der Waals surface area contributed by atoms with Crippen molar-refractivity contribution in [2.24, 2.45) is 0 Å². The second-order valence-electron chi connectivity index (χ2n) is 6.50. The third kappa shape index (κ3) is 3.04. The predicted molar refractivity (Wildman–Crippen MR) is 105 cm³/mol. The standard InChI is InChI=1S/C23H20N2O/c1-17(18-8-3-2-4-9-18)20-14-21(16-24-15-20)23(26)25-13-7-11-19-10-5-6-12-22(19)25/h2-6,8-10,12,14-16H,1,7,11,13H2. The molecule has 26 heavy (non-hydrogen) atoms. The molecule has 1 aliphatic rings. The van der Waals surface area contributed by atoms with Gasteiger partial charge >= 0.3 is 0 Å². The van der Waals surface area contributed by atoms with Crippen molar-refractivity contribution in [2.75, 3.05) is 11.4 Å². The van der Waals surface area contributed by atoms with E-state index >= 15 is 0 Å². The molecule has 0 fully saturated rings. The molecule has 0 radical (unpaired) electrons. The Hall–Kier alpha value is -3.20.